The Morgan fingerprint density at radius 2 is 1.84 bits per heavy atom. The van der Waals surface area contributed by atoms with Crippen LogP contribution < -0.4 is 25.0 Å². The van der Waals surface area contributed by atoms with Crippen molar-refractivity contribution < 1.29 is 22.7 Å². The lowest BCUT2D eigenvalue weighted by Crippen LogP contribution is -2.17. The molecule has 2 aromatic carbocycles. The maximum atomic E-state index is 13.4. The molecule has 0 aliphatic carbocycles. The molecule has 0 spiro atoms. The molecule has 174 valence electrons. The Morgan fingerprint density at radius 3 is 2.41 bits per heavy atom. The summed E-state index contributed by atoms with van der Waals surface area (Å²) in [6, 6.07) is 6.90. The third kappa shape index (κ3) is 6.03. The molecule has 2 aromatic rings. The molecule has 0 aliphatic heterocycles. The Labute approximate surface area is 190 Å². The van der Waals surface area contributed by atoms with E-state index >= 15 is 0 Å². The normalized spacial score (nSPS) is 11.7. The van der Waals surface area contributed by atoms with Crippen molar-refractivity contribution >= 4 is 34.9 Å². The molecule has 0 saturated carbocycles. The highest BCUT2D eigenvalue weighted by Gasteiger charge is 2.33. The number of amides is 1. The van der Waals surface area contributed by atoms with Crippen LogP contribution in [0.25, 0.3) is 0 Å². The minimum atomic E-state index is -4.59. The van der Waals surface area contributed by atoms with E-state index < -0.39 is 17.6 Å². The van der Waals surface area contributed by atoms with Gasteiger partial charge < -0.3 is 25.0 Å². The van der Waals surface area contributed by atoms with Crippen LogP contribution in [0.4, 0.5) is 30.2 Å². The van der Waals surface area contributed by atoms with E-state index in [0.717, 1.165) is 41.0 Å². The number of nitrogens with one attached hydrogen (secondary N) is 3. The second-order valence-electron chi connectivity index (χ2n) is 7.04. The lowest BCUT2D eigenvalue weighted by Gasteiger charge is -2.20. The summed E-state index contributed by atoms with van der Waals surface area (Å²) in [5, 5.41) is 5.59. The summed E-state index contributed by atoms with van der Waals surface area (Å²) in [7, 11) is 4.99. The standard InChI is InChI=1S/C22H27F3N4O2S/c1-13-7-8-15(9-19(13)29(4)12-14(2)26-3)21(30)27-17-10-16(22(23,24)25)11-18(28-32-6)20(17)31-5/h7-12,26,28H,1-6H3,(H,27,30)/b14-12-. The van der Waals surface area contributed by atoms with Crippen molar-refractivity contribution in [1.82, 2.24) is 5.32 Å². The Bertz CT molecular complexity index is 1010. The van der Waals surface area contributed by atoms with Crippen molar-refractivity contribution in [1.29, 1.82) is 0 Å². The van der Waals surface area contributed by atoms with E-state index in [0.29, 0.717) is 5.56 Å². The number of carbonyl (C=O) groups excluding carboxylic acids is 1. The van der Waals surface area contributed by atoms with E-state index in [4.69, 9.17) is 4.74 Å². The number of alkyl halides is 3. The van der Waals surface area contributed by atoms with Crippen LogP contribution >= 0.6 is 11.9 Å². The molecule has 0 atom stereocenters. The summed E-state index contributed by atoms with van der Waals surface area (Å²) in [6.07, 6.45) is -1.04. The lowest BCUT2D eigenvalue weighted by molar-refractivity contribution is -0.137. The molecule has 6 nitrogen and oxygen atoms in total. The van der Waals surface area contributed by atoms with Gasteiger partial charge in [-0.15, -0.1) is 0 Å². The molecule has 32 heavy (non-hydrogen) atoms. The molecule has 2 rings (SSSR count). The topological polar surface area (TPSA) is 65.6 Å². The third-order valence-electron chi connectivity index (χ3n) is 4.71. The molecule has 10 heteroatoms. The fraction of sp³-hybridized carbons (Fsp3) is 0.318. The average molecular weight is 469 g/mol. The molecule has 0 heterocycles. The highest BCUT2D eigenvalue weighted by atomic mass is 32.2. The van der Waals surface area contributed by atoms with Gasteiger partial charge in [0.05, 0.1) is 24.0 Å². The highest BCUT2D eigenvalue weighted by molar-refractivity contribution is 7.99. The zero-order valence-electron chi connectivity index (χ0n) is 18.8. The van der Waals surface area contributed by atoms with Gasteiger partial charge in [-0.05, 0) is 43.7 Å². The maximum absolute atomic E-state index is 13.4. The number of allylic oxidation sites excluding steroid dienone is 1. The predicted molar refractivity (Wildman–Crippen MR) is 125 cm³/mol. The zero-order valence-corrected chi connectivity index (χ0v) is 19.6. The number of hydrogen-bond acceptors (Lipinski definition) is 6. The molecule has 0 fully saturated rings. The molecular formula is C22H27F3N4O2S. The Morgan fingerprint density at radius 1 is 1.19 bits per heavy atom. The molecule has 0 aliphatic rings. The van der Waals surface area contributed by atoms with Gasteiger partial charge in [0.1, 0.15) is 0 Å². The summed E-state index contributed by atoms with van der Waals surface area (Å²) in [4.78, 5) is 14.8. The van der Waals surface area contributed by atoms with E-state index in [-0.39, 0.29) is 17.1 Å². The minimum absolute atomic E-state index is 0.0784. The third-order valence-corrected chi connectivity index (χ3v) is 5.14. The molecule has 0 unspecified atom stereocenters. The smallest absolute Gasteiger partial charge is 0.416 e. The largest absolute Gasteiger partial charge is 0.492 e. The van der Waals surface area contributed by atoms with Crippen molar-refractivity contribution in [3.63, 3.8) is 0 Å². The molecule has 3 N–H and O–H groups in total. The quantitative estimate of drug-likeness (QED) is 0.446. The molecule has 0 bridgehead atoms. The van der Waals surface area contributed by atoms with Gasteiger partial charge in [-0.2, -0.15) is 13.2 Å². The van der Waals surface area contributed by atoms with Gasteiger partial charge in [0.25, 0.3) is 5.91 Å². The van der Waals surface area contributed by atoms with E-state index in [9.17, 15) is 18.0 Å². The van der Waals surface area contributed by atoms with Crippen molar-refractivity contribution in [3.8, 4) is 5.75 Å². The van der Waals surface area contributed by atoms with E-state index in [1.807, 2.05) is 32.0 Å². The molecule has 0 aromatic heterocycles. The molecular weight excluding hydrogens is 441 g/mol. The van der Waals surface area contributed by atoms with Crippen LogP contribution in [0.1, 0.15) is 28.4 Å². The first-order valence-corrected chi connectivity index (χ1v) is 10.8. The van der Waals surface area contributed by atoms with Crippen molar-refractivity contribution in [2.45, 2.75) is 20.0 Å². The summed E-state index contributed by atoms with van der Waals surface area (Å²) in [6.45, 7) is 3.81. The molecule has 1 amide bonds. The lowest BCUT2D eigenvalue weighted by atomic mass is 10.1. The number of benzene rings is 2. The van der Waals surface area contributed by atoms with Gasteiger partial charge in [-0.1, -0.05) is 18.0 Å². The average Bonchev–Trinajstić information content (AvgIpc) is 2.73. The van der Waals surface area contributed by atoms with E-state index in [1.54, 1.807) is 31.5 Å². The number of nitrogens with zero attached hydrogens (tertiary/aromatic N) is 1. The summed E-state index contributed by atoms with van der Waals surface area (Å²) in [5.41, 5.74) is 2.07. The van der Waals surface area contributed by atoms with Crippen LogP contribution in [-0.2, 0) is 6.18 Å². The van der Waals surface area contributed by atoms with Crippen molar-refractivity contribution in [3.05, 3.63) is 58.9 Å². The van der Waals surface area contributed by atoms with E-state index in [1.165, 1.54) is 7.11 Å². The minimum Gasteiger partial charge on any atom is -0.492 e. The first-order chi connectivity index (χ1) is 15.0. The number of carbonyl (C=O) groups is 1. The number of hydrogen-bond donors (Lipinski definition) is 3. The fourth-order valence-corrected chi connectivity index (χ4v) is 3.41. The molecule has 0 saturated heterocycles. The van der Waals surface area contributed by atoms with E-state index in [2.05, 4.69) is 15.4 Å². The number of aryl methyl sites for hydroxylation is 1. The van der Waals surface area contributed by atoms with Crippen LogP contribution in [0.5, 0.6) is 5.75 Å². The number of anilines is 3. The van der Waals surface area contributed by atoms with Gasteiger partial charge in [0.15, 0.2) is 5.75 Å². The highest BCUT2D eigenvalue weighted by Crippen LogP contribution is 2.41. The van der Waals surface area contributed by atoms with Crippen molar-refractivity contribution in [2.24, 2.45) is 0 Å². The first kappa shape index (κ1) is 25.3. The first-order valence-electron chi connectivity index (χ1n) is 9.61. The van der Waals surface area contributed by atoms with Gasteiger partial charge in [0, 0.05) is 43.5 Å². The van der Waals surface area contributed by atoms with Gasteiger partial charge in [-0.25, -0.2) is 0 Å². The molecule has 0 radical (unpaired) electrons. The zero-order chi connectivity index (χ0) is 24.1. The van der Waals surface area contributed by atoms with Crippen LogP contribution in [0.15, 0.2) is 42.2 Å². The van der Waals surface area contributed by atoms with Crippen LogP contribution in [0.3, 0.4) is 0 Å². The second-order valence-corrected chi connectivity index (χ2v) is 7.65. The van der Waals surface area contributed by atoms with Crippen LogP contribution in [-0.4, -0.2) is 33.4 Å². The SMILES string of the molecule is CN/C(C)=C\N(C)c1cc(C(=O)Nc2cc(C(F)(F)F)cc(NSC)c2OC)ccc1C. The Hall–Kier alpha value is -3.01. The van der Waals surface area contributed by atoms with Crippen LogP contribution in [0.2, 0.25) is 0 Å². The predicted octanol–water partition coefficient (Wildman–Crippen LogP) is 5.48. The Balaban J connectivity index is 2.46. The number of methoxy groups -OCH3 is 1. The summed E-state index contributed by atoms with van der Waals surface area (Å²) >= 11 is 1.11. The number of halogens is 3. The van der Waals surface area contributed by atoms with Gasteiger partial charge in [0.2, 0.25) is 0 Å². The van der Waals surface area contributed by atoms with Gasteiger partial charge in [-0.3, -0.25) is 4.79 Å². The van der Waals surface area contributed by atoms with Gasteiger partial charge >= 0.3 is 6.18 Å². The monoisotopic (exact) mass is 468 g/mol. The summed E-state index contributed by atoms with van der Waals surface area (Å²) < 4.78 is 48.3. The Kier molecular flexibility index (Phi) is 8.31. The maximum Gasteiger partial charge on any atom is 0.416 e. The second kappa shape index (κ2) is 10.5. The summed E-state index contributed by atoms with van der Waals surface area (Å²) in [5.74, 6) is -0.445. The fourth-order valence-electron chi connectivity index (χ4n) is 3.04. The number of ether oxygens (including phenoxy) is 1. The number of rotatable bonds is 8. The van der Waals surface area contributed by atoms with Crippen LogP contribution in [0, 0.1) is 6.92 Å². The van der Waals surface area contributed by atoms with Crippen molar-refractivity contribution in [2.75, 3.05) is 42.4 Å².